The molecule has 0 aromatic carbocycles. The SMILES string of the molecule is CCCOOC(=O)CCCCC(=O)OOCCC. The van der Waals surface area contributed by atoms with Gasteiger partial charge in [0.1, 0.15) is 0 Å². The van der Waals surface area contributed by atoms with Gasteiger partial charge in [0.2, 0.25) is 0 Å². The van der Waals surface area contributed by atoms with Crippen LogP contribution in [-0.4, -0.2) is 25.2 Å². The lowest BCUT2D eigenvalue weighted by Gasteiger charge is -2.03. The predicted molar refractivity (Wildman–Crippen MR) is 63.1 cm³/mol. The van der Waals surface area contributed by atoms with Gasteiger partial charge >= 0.3 is 11.9 Å². The molecule has 0 aromatic heterocycles. The summed E-state index contributed by atoms with van der Waals surface area (Å²) >= 11 is 0. The summed E-state index contributed by atoms with van der Waals surface area (Å²) in [6.45, 7) is 4.62. The Morgan fingerprint density at radius 1 is 0.778 bits per heavy atom. The summed E-state index contributed by atoms with van der Waals surface area (Å²) in [5.74, 6) is -0.835. The second-order valence-electron chi connectivity index (χ2n) is 3.76. The first-order valence-electron chi connectivity index (χ1n) is 6.35. The van der Waals surface area contributed by atoms with Crippen molar-refractivity contribution in [1.82, 2.24) is 0 Å². The smallest absolute Gasteiger partial charge is 0.298 e. The fourth-order valence-corrected chi connectivity index (χ4v) is 1.00. The zero-order chi connectivity index (χ0) is 13.6. The summed E-state index contributed by atoms with van der Waals surface area (Å²) in [7, 11) is 0. The lowest BCUT2D eigenvalue weighted by molar-refractivity contribution is -0.273. The van der Waals surface area contributed by atoms with Crippen molar-refractivity contribution >= 4 is 11.9 Å². The van der Waals surface area contributed by atoms with Crippen molar-refractivity contribution < 1.29 is 29.1 Å². The first kappa shape index (κ1) is 16.9. The highest BCUT2D eigenvalue weighted by Crippen LogP contribution is 2.03. The van der Waals surface area contributed by atoms with Crippen molar-refractivity contribution in [3.63, 3.8) is 0 Å². The molecule has 0 aliphatic rings. The van der Waals surface area contributed by atoms with E-state index in [1.807, 2.05) is 13.8 Å². The first-order valence-corrected chi connectivity index (χ1v) is 6.35. The quantitative estimate of drug-likeness (QED) is 0.323. The Bertz CT molecular complexity index is 205. The highest BCUT2D eigenvalue weighted by atomic mass is 17.2. The van der Waals surface area contributed by atoms with E-state index < -0.39 is 11.9 Å². The summed E-state index contributed by atoms with van der Waals surface area (Å²) < 4.78 is 0. The molecular weight excluding hydrogens is 240 g/mol. The van der Waals surface area contributed by atoms with Gasteiger partial charge in [-0.2, -0.15) is 9.78 Å². The standard InChI is InChI=1S/C12H22O6/c1-3-9-15-17-11(13)7-5-6-8-12(14)18-16-10-4-2/h3-10H2,1-2H3. The van der Waals surface area contributed by atoms with Crippen molar-refractivity contribution in [2.75, 3.05) is 13.2 Å². The summed E-state index contributed by atoms with van der Waals surface area (Å²) in [5.41, 5.74) is 0. The van der Waals surface area contributed by atoms with Crippen LogP contribution in [-0.2, 0) is 29.1 Å². The van der Waals surface area contributed by atoms with Crippen LogP contribution >= 0.6 is 0 Å². The van der Waals surface area contributed by atoms with E-state index in [1.165, 1.54) is 0 Å². The van der Waals surface area contributed by atoms with E-state index >= 15 is 0 Å². The number of rotatable bonds is 11. The fourth-order valence-electron chi connectivity index (χ4n) is 1.00. The minimum absolute atomic E-state index is 0.229. The predicted octanol–water partition coefficient (Wildman–Crippen LogP) is 2.32. The molecule has 0 fully saturated rings. The molecule has 0 heterocycles. The number of carbonyl (C=O) groups excluding carboxylic acids is 2. The summed E-state index contributed by atoms with van der Waals surface area (Å²) in [5, 5.41) is 0. The molecule has 0 bridgehead atoms. The third-order valence-corrected chi connectivity index (χ3v) is 1.89. The molecule has 0 aromatic rings. The minimum atomic E-state index is -0.418. The van der Waals surface area contributed by atoms with E-state index in [0.717, 1.165) is 12.8 Å². The Kier molecular flexibility index (Phi) is 11.5. The zero-order valence-corrected chi connectivity index (χ0v) is 11.1. The molecule has 0 saturated heterocycles. The van der Waals surface area contributed by atoms with Gasteiger partial charge in [0.15, 0.2) is 0 Å². The van der Waals surface area contributed by atoms with Crippen molar-refractivity contribution in [2.45, 2.75) is 52.4 Å². The molecule has 0 rings (SSSR count). The van der Waals surface area contributed by atoms with Crippen LogP contribution in [0.3, 0.4) is 0 Å². The summed E-state index contributed by atoms with van der Waals surface area (Å²) in [6.07, 6.45) is 3.14. The van der Waals surface area contributed by atoms with Crippen molar-refractivity contribution in [2.24, 2.45) is 0 Å². The molecule has 0 N–H and O–H groups in total. The Labute approximate surface area is 107 Å². The molecule has 6 nitrogen and oxygen atoms in total. The summed E-state index contributed by atoms with van der Waals surface area (Å²) in [6, 6.07) is 0. The van der Waals surface area contributed by atoms with Gasteiger partial charge in [0, 0.05) is 12.8 Å². The van der Waals surface area contributed by atoms with Crippen LogP contribution in [0.1, 0.15) is 52.4 Å². The third-order valence-electron chi connectivity index (χ3n) is 1.89. The lowest BCUT2D eigenvalue weighted by Crippen LogP contribution is -2.08. The molecule has 0 amide bonds. The van der Waals surface area contributed by atoms with Crippen LogP contribution in [0.25, 0.3) is 0 Å². The molecule has 6 heteroatoms. The zero-order valence-electron chi connectivity index (χ0n) is 11.1. The van der Waals surface area contributed by atoms with Crippen LogP contribution in [0, 0.1) is 0 Å². The van der Waals surface area contributed by atoms with Gasteiger partial charge in [-0.05, 0) is 25.7 Å². The third kappa shape index (κ3) is 11.3. The maximum Gasteiger partial charge on any atom is 0.342 e. The molecule has 0 radical (unpaired) electrons. The second-order valence-corrected chi connectivity index (χ2v) is 3.76. The monoisotopic (exact) mass is 262 g/mol. The molecule has 0 unspecified atom stereocenters. The van der Waals surface area contributed by atoms with E-state index in [4.69, 9.17) is 0 Å². The maximum absolute atomic E-state index is 11.1. The number of hydrogen-bond acceptors (Lipinski definition) is 6. The van der Waals surface area contributed by atoms with E-state index in [-0.39, 0.29) is 12.8 Å². The molecule has 106 valence electrons. The first-order chi connectivity index (χ1) is 8.70. The summed E-state index contributed by atoms with van der Waals surface area (Å²) in [4.78, 5) is 40.4. The van der Waals surface area contributed by atoms with E-state index in [2.05, 4.69) is 19.6 Å². The Hall–Kier alpha value is -1.14. The van der Waals surface area contributed by atoms with Gasteiger partial charge in [-0.3, -0.25) is 9.78 Å². The van der Waals surface area contributed by atoms with Crippen molar-refractivity contribution in [3.05, 3.63) is 0 Å². The fraction of sp³-hybridized carbons (Fsp3) is 0.833. The van der Waals surface area contributed by atoms with Crippen molar-refractivity contribution in [1.29, 1.82) is 0 Å². The molecule has 18 heavy (non-hydrogen) atoms. The molecule has 0 atom stereocenters. The average molecular weight is 262 g/mol. The highest BCUT2D eigenvalue weighted by molar-refractivity contribution is 5.69. The molecular formula is C12H22O6. The van der Waals surface area contributed by atoms with Gasteiger partial charge in [-0.1, -0.05) is 13.8 Å². The van der Waals surface area contributed by atoms with Gasteiger partial charge < -0.3 is 0 Å². The average Bonchev–Trinajstić information content (AvgIpc) is 2.35. The Balaban J connectivity index is 3.32. The van der Waals surface area contributed by atoms with E-state index in [9.17, 15) is 9.59 Å². The van der Waals surface area contributed by atoms with Crippen LogP contribution < -0.4 is 0 Å². The lowest BCUT2D eigenvalue weighted by atomic mass is 10.2. The van der Waals surface area contributed by atoms with Gasteiger partial charge in [0.05, 0.1) is 13.2 Å². The maximum atomic E-state index is 11.1. The molecule has 0 aliphatic carbocycles. The topological polar surface area (TPSA) is 71.1 Å². The van der Waals surface area contributed by atoms with E-state index in [1.54, 1.807) is 0 Å². The van der Waals surface area contributed by atoms with E-state index in [0.29, 0.717) is 26.1 Å². The largest absolute Gasteiger partial charge is 0.342 e. The van der Waals surface area contributed by atoms with Gasteiger partial charge in [0.25, 0.3) is 0 Å². The van der Waals surface area contributed by atoms with Crippen LogP contribution in [0.15, 0.2) is 0 Å². The molecule has 0 saturated carbocycles. The number of hydrogen-bond donors (Lipinski definition) is 0. The van der Waals surface area contributed by atoms with Crippen LogP contribution in [0.4, 0.5) is 0 Å². The Morgan fingerprint density at radius 2 is 1.17 bits per heavy atom. The second kappa shape index (κ2) is 12.3. The highest BCUT2D eigenvalue weighted by Gasteiger charge is 2.07. The minimum Gasteiger partial charge on any atom is -0.298 e. The van der Waals surface area contributed by atoms with Gasteiger partial charge in [-0.15, -0.1) is 0 Å². The molecule has 0 spiro atoms. The van der Waals surface area contributed by atoms with Crippen LogP contribution in [0.2, 0.25) is 0 Å². The van der Waals surface area contributed by atoms with Gasteiger partial charge in [-0.25, -0.2) is 9.59 Å². The normalized spacial score (nSPS) is 10.1. The number of carbonyl (C=O) groups is 2. The van der Waals surface area contributed by atoms with Crippen molar-refractivity contribution in [3.8, 4) is 0 Å². The number of unbranched alkanes of at least 4 members (excludes halogenated alkanes) is 1. The Morgan fingerprint density at radius 3 is 1.50 bits per heavy atom. The molecule has 0 aliphatic heterocycles. The van der Waals surface area contributed by atoms with Crippen LogP contribution in [0.5, 0.6) is 0 Å².